The summed E-state index contributed by atoms with van der Waals surface area (Å²) in [5, 5.41) is 6.07. The second kappa shape index (κ2) is 10.3. The molecule has 3 aliphatic rings. The van der Waals surface area contributed by atoms with Crippen molar-refractivity contribution in [1.82, 2.24) is 5.01 Å². The minimum atomic E-state index is -0.679. The van der Waals surface area contributed by atoms with Crippen molar-refractivity contribution in [3.63, 3.8) is 0 Å². The highest BCUT2D eigenvalue weighted by molar-refractivity contribution is 6.08. The molecule has 1 fully saturated rings. The van der Waals surface area contributed by atoms with Crippen LogP contribution in [0, 0.1) is 17.6 Å². The average Bonchev–Trinajstić information content (AvgIpc) is 3.58. The number of halogens is 2. The normalized spacial score (nSPS) is 20.5. The highest BCUT2D eigenvalue weighted by Gasteiger charge is 2.44. The van der Waals surface area contributed by atoms with E-state index in [0.717, 1.165) is 41.7 Å². The maximum absolute atomic E-state index is 13.7. The van der Waals surface area contributed by atoms with Gasteiger partial charge < -0.3 is 14.2 Å². The second-order valence-electron chi connectivity index (χ2n) is 9.58. The largest absolute Gasteiger partial charge is 0.454 e. The van der Waals surface area contributed by atoms with Gasteiger partial charge in [0.25, 0.3) is 5.91 Å². The van der Waals surface area contributed by atoms with Gasteiger partial charge >= 0.3 is 5.97 Å². The lowest BCUT2D eigenvalue weighted by Gasteiger charge is -2.29. The van der Waals surface area contributed by atoms with Gasteiger partial charge in [-0.25, -0.2) is 18.6 Å². The first kappa shape index (κ1) is 24.8. The van der Waals surface area contributed by atoms with Crippen molar-refractivity contribution < 1.29 is 32.6 Å². The summed E-state index contributed by atoms with van der Waals surface area (Å²) in [7, 11) is 0. The Morgan fingerprint density at radius 3 is 2.46 bits per heavy atom. The van der Waals surface area contributed by atoms with Gasteiger partial charge in [0.15, 0.2) is 18.1 Å². The fraction of sp³-hybridized carbons (Fsp3) is 0.233. The molecule has 9 heteroatoms. The third-order valence-electron chi connectivity index (χ3n) is 7.11. The molecule has 3 aromatic carbocycles. The van der Waals surface area contributed by atoms with Gasteiger partial charge in [0, 0.05) is 5.92 Å². The number of hydrogen-bond acceptors (Lipinski definition) is 6. The van der Waals surface area contributed by atoms with E-state index in [4.69, 9.17) is 19.3 Å². The standard InChI is InChI=1S/C30H24F2N2O5/c31-22-9-4-18(5-10-22)14-20-2-1-3-24-28(20)33-34(29(24)19-6-11-23(32)12-7-19)27(35)16-37-30(36)21-8-13-25-26(15-21)39-17-38-25/h4-15,24,29H,1-3,16-17H2. The monoisotopic (exact) mass is 530 g/mol. The smallest absolute Gasteiger partial charge is 0.338 e. The summed E-state index contributed by atoms with van der Waals surface area (Å²) in [5.74, 6) is -1.03. The number of amides is 1. The molecule has 198 valence electrons. The van der Waals surface area contributed by atoms with E-state index in [-0.39, 0.29) is 29.9 Å². The number of benzene rings is 3. The van der Waals surface area contributed by atoms with Crippen LogP contribution in [0.2, 0.25) is 0 Å². The zero-order valence-corrected chi connectivity index (χ0v) is 20.8. The van der Waals surface area contributed by atoms with Gasteiger partial charge in [-0.15, -0.1) is 0 Å². The van der Waals surface area contributed by atoms with Crippen LogP contribution in [0.25, 0.3) is 6.08 Å². The first-order valence-electron chi connectivity index (χ1n) is 12.7. The van der Waals surface area contributed by atoms with E-state index in [1.165, 1.54) is 35.3 Å². The summed E-state index contributed by atoms with van der Waals surface area (Å²) < 4.78 is 43.1. The minimum Gasteiger partial charge on any atom is -0.454 e. The topological polar surface area (TPSA) is 77.4 Å². The molecular formula is C30H24F2N2O5. The molecule has 0 N–H and O–H groups in total. The first-order valence-corrected chi connectivity index (χ1v) is 12.7. The molecule has 0 spiro atoms. The summed E-state index contributed by atoms with van der Waals surface area (Å²) >= 11 is 0. The number of ether oxygens (including phenoxy) is 3. The zero-order valence-electron chi connectivity index (χ0n) is 20.8. The van der Waals surface area contributed by atoms with Crippen molar-refractivity contribution in [1.29, 1.82) is 0 Å². The van der Waals surface area contributed by atoms with E-state index < -0.39 is 24.5 Å². The van der Waals surface area contributed by atoms with Crippen molar-refractivity contribution >= 4 is 23.7 Å². The maximum atomic E-state index is 13.7. The van der Waals surface area contributed by atoms with Crippen molar-refractivity contribution in [2.24, 2.45) is 11.0 Å². The lowest BCUT2D eigenvalue weighted by atomic mass is 9.77. The Balaban J connectivity index is 1.26. The summed E-state index contributed by atoms with van der Waals surface area (Å²) in [5.41, 5.74) is 3.51. The molecule has 3 aromatic rings. The molecule has 0 bridgehead atoms. The van der Waals surface area contributed by atoms with Gasteiger partial charge in [-0.05, 0) is 84.5 Å². The van der Waals surface area contributed by atoms with Crippen molar-refractivity contribution in [2.45, 2.75) is 25.3 Å². The van der Waals surface area contributed by atoms with Gasteiger partial charge in [-0.3, -0.25) is 4.79 Å². The number of allylic oxidation sites excluding steroid dienone is 1. The molecule has 39 heavy (non-hydrogen) atoms. The molecular weight excluding hydrogens is 506 g/mol. The van der Waals surface area contributed by atoms with E-state index in [1.54, 1.807) is 36.4 Å². The fourth-order valence-corrected chi connectivity index (χ4v) is 5.26. The second-order valence-corrected chi connectivity index (χ2v) is 9.58. The quantitative estimate of drug-likeness (QED) is 0.397. The predicted octanol–water partition coefficient (Wildman–Crippen LogP) is 5.67. The maximum Gasteiger partial charge on any atom is 0.338 e. The Hall–Kier alpha value is -4.53. The van der Waals surface area contributed by atoms with Crippen molar-refractivity contribution in [3.8, 4) is 11.5 Å². The van der Waals surface area contributed by atoms with Crippen LogP contribution in [0.1, 0.15) is 46.8 Å². The number of esters is 1. The highest BCUT2D eigenvalue weighted by Crippen LogP contribution is 2.44. The number of nitrogens with zero attached hydrogens (tertiary/aromatic N) is 2. The molecule has 1 saturated carbocycles. The van der Waals surface area contributed by atoms with Gasteiger partial charge in [-0.2, -0.15) is 5.10 Å². The molecule has 1 aliphatic carbocycles. The SMILES string of the molecule is O=C(OCC(=O)N1N=C2C(=Cc3ccc(F)cc3)CCCC2C1c1ccc(F)cc1)c1ccc2c(c1)OCO2. The predicted molar refractivity (Wildman–Crippen MR) is 138 cm³/mol. The van der Waals surface area contributed by atoms with Crippen molar-refractivity contribution in [2.75, 3.05) is 13.4 Å². The van der Waals surface area contributed by atoms with Crippen molar-refractivity contribution in [3.05, 3.63) is 101 Å². The first-order chi connectivity index (χ1) is 19.0. The van der Waals surface area contributed by atoms with E-state index in [2.05, 4.69) is 0 Å². The number of hydrazone groups is 1. The summed E-state index contributed by atoms with van der Waals surface area (Å²) in [6.45, 7) is -0.448. The van der Waals surface area contributed by atoms with Gasteiger partial charge in [0.1, 0.15) is 11.6 Å². The Morgan fingerprint density at radius 1 is 0.974 bits per heavy atom. The number of carbonyl (C=O) groups is 2. The van der Waals surface area contributed by atoms with Gasteiger partial charge in [0.2, 0.25) is 6.79 Å². The molecule has 7 nitrogen and oxygen atoms in total. The Labute approximate surface area is 223 Å². The Kier molecular flexibility index (Phi) is 6.56. The Morgan fingerprint density at radius 2 is 1.69 bits per heavy atom. The number of hydrogen-bond donors (Lipinski definition) is 0. The summed E-state index contributed by atoms with van der Waals surface area (Å²) in [4.78, 5) is 26.1. The van der Waals surface area contributed by atoms with Gasteiger partial charge in [-0.1, -0.05) is 24.3 Å². The number of rotatable bonds is 5. The summed E-state index contributed by atoms with van der Waals surface area (Å²) in [6.07, 6.45) is 4.36. The molecule has 0 radical (unpaired) electrons. The van der Waals surface area contributed by atoms with E-state index >= 15 is 0 Å². The van der Waals surface area contributed by atoms with Crippen LogP contribution in [-0.4, -0.2) is 36.0 Å². The van der Waals surface area contributed by atoms with E-state index in [9.17, 15) is 18.4 Å². The summed E-state index contributed by atoms with van der Waals surface area (Å²) in [6, 6.07) is 16.4. The number of carbonyl (C=O) groups excluding carboxylic acids is 2. The van der Waals surface area contributed by atoms with Crippen LogP contribution < -0.4 is 9.47 Å². The van der Waals surface area contributed by atoms with E-state index in [0.29, 0.717) is 11.5 Å². The van der Waals surface area contributed by atoms with Crippen LogP contribution >= 0.6 is 0 Å². The lowest BCUT2D eigenvalue weighted by Crippen LogP contribution is -2.34. The third kappa shape index (κ3) is 4.99. The molecule has 2 unspecified atom stereocenters. The average molecular weight is 531 g/mol. The van der Waals surface area contributed by atoms with Crippen LogP contribution in [0.3, 0.4) is 0 Å². The molecule has 2 atom stereocenters. The molecule has 2 heterocycles. The van der Waals surface area contributed by atoms with Crippen LogP contribution in [0.5, 0.6) is 11.5 Å². The zero-order chi connectivity index (χ0) is 26.9. The van der Waals surface area contributed by atoms with Crippen LogP contribution in [0.4, 0.5) is 8.78 Å². The minimum absolute atomic E-state index is 0.0746. The molecule has 2 aliphatic heterocycles. The number of fused-ring (bicyclic) bond motifs is 2. The van der Waals surface area contributed by atoms with E-state index in [1.807, 2.05) is 6.08 Å². The Bertz CT molecular complexity index is 1480. The fourth-order valence-electron chi connectivity index (χ4n) is 5.26. The lowest BCUT2D eigenvalue weighted by molar-refractivity contribution is -0.137. The third-order valence-corrected chi connectivity index (χ3v) is 7.11. The molecule has 0 saturated heterocycles. The molecule has 1 amide bonds. The molecule has 0 aromatic heterocycles. The van der Waals surface area contributed by atoms with Crippen LogP contribution in [0.15, 0.2) is 77.4 Å². The van der Waals surface area contributed by atoms with Gasteiger partial charge in [0.05, 0.1) is 17.3 Å². The highest BCUT2D eigenvalue weighted by atomic mass is 19.1. The molecule has 6 rings (SSSR count). The van der Waals surface area contributed by atoms with Crippen LogP contribution in [-0.2, 0) is 9.53 Å².